The van der Waals surface area contributed by atoms with Gasteiger partial charge in [0.05, 0.1) is 5.75 Å². The smallest absolute Gasteiger partial charge is 0.213 e. The lowest BCUT2D eigenvalue weighted by Crippen LogP contribution is -2.43. The van der Waals surface area contributed by atoms with Crippen molar-refractivity contribution in [2.45, 2.75) is 5.75 Å². The maximum absolute atomic E-state index is 4.63. The molecule has 1 aromatic rings. The number of hydrogen-bond acceptors (Lipinski definition) is 5. The minimum absolute atomic E-state index is 0.798. The second-order valence-corrected chi connectivity index (χ2v) is 3.92. The minimum Gasteiger partial charge on any atom is -0.343 e. The van der Waals surface area contributed by atoms with E-state index in [1.807, 2.05) is 11.8 Å². The first kappa shape index (κ1) is 8.07. The van der Waals surface area contributed by atoms with Crippen molar-refractivity contribution < 1.29 is 4.52 Å². The summed E-state index contributed by atoms with van der Waals surface area (Å²) in [5, 5.41) is 6.98. The predicted octanol–water partition coefficient (Wildman–Crippen LogP) is 0.522. The molecule has 2 rings (SSSR count). The van der Waals surface area contributed by atoms with Gasteiger partial charge in [-0.25, -0.2) is 0 Å². The molecule has 0 amide bonds. The Balaban J connectivity index is 1.62. The highest BCUT2D eigenvalue weighted by Crippen LogP contribution is 2.15. The van der Waals surface area contributed by atoms with E-state index in [2.05, 4.69) is 20.0 Å². The summed E-state index contributed by atoms with van der Waals surface area (Å²) >= 11 is 1.87. The van der Waals surface area contributed by atoms with Crippen molar-refractivity contribution in [3.8, 4) is 0 Å². The van der Waals surface area contributed by atoms with Gasteiger partial charge in [0, 0.05) is 0 Å². The summed E-state index contributed by atoms with van der Waals surface area (Å²) in [6, 6.07) is 0. The Morgan fingerprint density at radius 3 is 3.17 bits per heavy atom. The van der Waals surface area contributed by atoms with E-state index in [0.717, 1.165) is 17.5 Å². The third kappa shape index (κ3) is 1.98. The van der Waals surface area contributed by atoms with Crippen LogP contribution in [-0.2, 0) is 5.75 Å². The molecule has 4 nitrogen and oxygen atoms in total. The van der Waals surface area contributed by atoms with Crippen molar-refractivity contribution in [2.75, 3.05) is 18.8 Å². The molecule has 5 heteroatoms. The Morgan fingerprint density at radius 2 is 2.58 bits per heavy atom. The van der Waals surface area contributed by atoms with Gasteiger partial charge in [-0.15, -0.1) is 0 Å². The van der Waals surface area contributed by atoms with Crippen LogP contribution in [0.4, 0.5) is 0 Å². The van der Waals surface area contributed by atoms with Crippen molar-refractivity contribution in [1.82, 2.24) is 15.5 Å². The van der Waals surface area contributed by atoms with Crippen LogP contribution >= 0.6 is 11.8 Å². The van der Waals surface area contributed by atoms with Crippen molar-refractivity contribution in [3.05, 3.63) is 12.2 Å². The van der Waals surface area contributed by atoms with E-state index in [4.69, 9.17) is 0 Å². The van der Waals surface area contributed by atoms with Gasteiger partial charge in [-0.2, -0.15) is 16.7 Å². The number of nitrogens with zero attached hydrogens (tertiary/aromatic N) is 2. The maximum Gasteiger partial charge on any atom is 0.213 e. The maximum atomic E-state index is 4.63. The number of aromatic nitrogens is 2. The Kier molecular flexibility index (Phi) is 2.63. The average molecular weight is 185 g/mol. The molecular formula is C7H11N3OS. The molecule has 1 fully saturated rings. The summed E-state index contributed by atoms with van der Waals surface area (Å²) < 4.78 is 4.63. The fraction of sp³-hybridized carbons (Fsp3) is 0.714. The lowest BCUT2D eigenvalue weighted by atomic mass is 10.1. The zero-order valence-corrected chi connectivity index (χ0v) is 7.51. The highest BCUT2D eigenvalue weighted by Gasteiger charge is 2.16. The lowest BCUT2D eigenvalue weighted by molar-refractivity contribution is 0.385. The van der Waals surface area contributed by atoms with Crippen molar-refractivity contribution >= 4 is 11.8 Å². The van der Waals surface area contributed by atoms with Crippen LogP contribution in [0.25, 0.3) is 0 Å². The van der Waals surface area contributed by atoms with Gasteiger partial charge in [-0.3, -0.25) is 0 Å². The first-order valence-corrected chi connectivity index (χ1v) is 5.14. The normalized spacial score (nSPS) is 17.7. The van der Waals surface area contributed by atoms with E-state index in [-0.39, 0.29) is 0 Å². The summed E-state index contributed by atoms with van der Waals surface area (Å²) in [6.45, 7) is 2.33. The molecule has 0 spiro atoms. The van der Waals surface area contributed by atoms with Gasteiger partial charge in [0.2, 0.25) is 6.39 Å². The van der Waals surface area contributed by atoms with Crippen LogP contribution < -0.4 is 5.32 Å². The number of rotatable bonds is 4. The summed E-state index contributed by atoms with van der Waals surface area (Å²) in [5.41, 5.74) is 0. The standard InChI is InChI=1S/C7H11N3OS/c1-6(2-8-1)3-12-4-7-9-5-11-10-7/h5-6,8H,1-4H2. The van der Waals surface area contributed by atoms with Gasteiger partial charge in [0.15, 0.2) is 5.82 Å². The molecule has 1 aliphatic heterocycles. The summed E-state index contributed by atoms with van der Waals surface area (Å²) in [6.07, 6.45) is 1.38. The highest BCUT2D eigenvalue weighted by molar-refractivity contribution is 7.98. The summed E-state index contributed by atoms with van der Waals surface area (Å²) in [7, 11) is 0. The van der Waals surface area contributed by atoms with Gasteiger partial charge < -0.3 is 9.84 Å². The van der Waals surface area contributed by atoms with E-state index >= 15 is 0 Å². The Morgan fingerprint density at radius 1 is 1.67 bits per heavy atom. The van der Waals surface area contributed by atoms with Gasteiger partial charge in [-0.05, 0) is 24.8 Å². The molecule has 0 unspecified atom stereocenters. The largest absolute Gasteiger partial charge is 0.343 e. The Bertz CT molecular complexity index is 223. The van der Waals surface area contributed by atoms with Crippen molar-refractivity contribution in [2.24, 2.45) is 5.92 Å². The number of thioether (sulfide) groups is 1. The molecule has 66 valence electrons. The fourth-order valence-corrected chi connectivity index (χ4v) is 2.04. The molecule has 1 aliphatic rings. The van der Waals surface area contributed by atoms with Gasteiger partial charge in [0.1, 0.15) is 0 Å². The second-order valence-electron chi connectivity index (χ2n) is 2.89. The van der Waals surface area contributed by atoms with Gasteiger partial charge in [0.25, 0.3) is 0 Å². The average Bonchev–Trinajstić information content (AvgIpc) is 2.46. The van der Waals surface area contributed by atoms with Crippen LogP contribution in [0.15, 0.2) is 10.9 Å². The lowest BCUT2D eigenvalue weighted by Gasteiger charge is -2.26. The third-order valence-electron chi connectivity index (χ3n) is 1.86. The van der Waals surface area contributed by atoms with Crippen LogP contribution in [0, 0.1) is 5.92 Å². The van der Waals surface area contributed by atoms with E-state index in [1.165, 1.54) is 25.2 Å². The molecule has 0 atom stereocenters. The molecular weight excluding hydrogens is 174 g/mol. The van der Waals surface area contributed by atoms with Gasteiger partial charge in [-0.1, -0.05) is 5.16 Å². The molecule has 1 N–H and O–H groups in total. The van der Waals surface area contributed by atoms with E-state index in [9.17, 15) is 0 Å². The molecule has 0 aliphatic carbocycles. The predicted molar refractivity (Wildman–Crippen MR) is 46.8 cm³/mol. The van der Waals surface area contributed by atoms with Gasteiger partial charge >= 0.3 is 0 Å². The Hall–Kier alpha value is -0.550. The zero-order chi connectivity index (χ0) is 8.23. The molecule has 1 aromatic heterocycles. The molecule has 0 aromatic carbocycles. The van der Waals surface area contributed by atoms with Crippen LogP contribution in [0.2, 0.25) is 0 Å². The van der Waals surface area contributed by atoms with Crippen LogP contribution in [0.5, 0.6) is 0 Å². The quantitative estimate of drug-likeness (QED) is 0.741. The van der Waals surface area contributed by atoms with Crippen LogP contribution in [0.1, 0.15) is 5.82 Å². The molecule has 0 bridgehead atoms. The Labute approximate surface area is 75.1 Å². The molecule has 1 saturated heterocycles. The fourth-order valence-electron chi connectivity index (χ4n) is 1.04. The monoisotopic (exact) mass is 185 g/mol. The third-order valence-corrected chi connectivity index (χ3v) is 3.03. The molecule has 12 heavy (non-hydrogen) atoms. The molecule has 0 saturated carbocycles. The number of nitrogens with one attached hydrogen (secondary N) is 1. The topological polar surface area (TPSA) is 51.0 Å². The SMILES string of the molecule is c1nc(CSCC2CNC2)no1. The second kappa shape index (κ2) is 3.91. The van der Waals surface area contributed by atoms with Crippen molar-refractivity contribution in [1.29, 1.82) is 0 Å². The van der Waals surface area contributed by atoms with E-state index < -0.39 is 0 Å². The van der Waals surface area contributed by atoms with Crippen LogP contribution in [0.3, 0.4) is 0 Å². The van der Waals surface area contributed by atoms with Crippen molar-refractivity contribution in [3.63, 3.8) is 0 Å². The van der Waals surface area contributed by atoms with E-state index in [1.54, 1.807) is 0 Å². The minimum atomic E-state index is 0.798. The summed E-state index contributed by atoms with van der Waals surface area (Å²) in [5.74, 6) is 3.71. The first-order chi connectivity index (χ1) is 5.95. The number of hydrogen-bond donors (Lipinski definition) is 1. The van der Waals surface area contributed by atoms with Crippen LogP contribution in [-0.4, -0.2) is 29.0 Å². The van der Waals surface area contributed by atoms with E-state index in [0.29, 0.717) is 0 Å². The highest BCUT2D eigenvalue weighted by atomic mass is 32.2. The zero-order valence-electron chi connectivity index (χ0n) is 6.69. The molecule has 0 radical (unpaired) electrons. The first-order valence-electron chi connectivity index (χ1n) is 3.99. The summed E-state index contributed by atoms with van der Waals surface area (Å²) in [4.78, 5) is 3.94. The molecule has 2 heterocycles.